The third-order valence-electron chi connectivity index (χ3n) is 2.92. The van der Waals surface area contributed by atoms with Crippen LogP contribution in [-0.2, 0) is 37.1 Å². The number of rotatable bonds is 9. The molecule has 1 saturated heterocycles. The molecule has 18 heteroatoms. The van der Waals surface area contributed by atoms with Crippen molar-refractivity contribution in [2.24, 2.45) is 0 Å². The van der Waals surface area contributed by atoms with Crippen LogP contribution in [-0.4, -0.2) is 71.2 Å². The van der Waals surface area contributed by atoms with E-state index in [1.165, 1.54) is 0 Å². The minimum absolute atomic E-state index is 0.0679. The van der Waals surface area contributed by atoms with Gasteiger partial charge in [0.25, 0.3) is 0 Å². The van der Waals surface area contributed by atoms with Gasteiger partial charge in [0, 0.05) is 6.61 Å². The van der Waals surface area contributed by atoms with Crippen LogP contribution in [0.1, 0.15) is 6.42 Å². The molecule has 0 aromatic heterocycles. The van der Waals surface area contributed by atoms with Crippen LogP contribution in [0.3, 0.4) is 0 Å². The molecule has 174 valence electrons. The van der Waals surface area contributed by atoms with Crippen LogP contribution < -0.4 is 0 Å². The minimum Gasteiger partial charge on any atom is -0.448 e. The first-order chi connectivity index (χ1) is 13.5. The Morgan fingerprint density at radius 3 is 1.47 bits per heavy atom. The second-order valence-electron chi connectivity index (χ2n) is 5.48. The lowest BCUT2D eigenvalue weighted by atomic mass is 10.5. The maximum absolute atomic E-state index is 12.4. The Morgan fingerprint density at radius 2 is 1.17 bits per heavy atom. The molecular formula is C12H11F9O8Si. The van der Waals surface area contributed by atoms with Gasteiger partial charge in [-0.1, -0.05) is 0 Å². The van der Waals surface area contributed by atoms with E-state index in [9.17, 15) is 53.9 Å². The highest BCUT2D eigenvalue weighted by Gasteiger charge is 2.62. The summed E-state index contributed by atoms with van der Waals surface area (Å²) in [6, 6.07) is -1.41. The molecular weight excluding hydrogens is 471 g/mol. The fraction of sp³-hybridized carbons (Fsp3) is 0.750. The van der Waals surface area contributed by atoms with Crippen molar-refractivity contribution in [2.75, 3.05) is 19.8 Å². The van der Waals surface area contributed by atoms with Crippen LogP contribution in [0.25, 0.3) is 0 Å². The molecule has 1 atom stereocenters. The molecule has 30 heavy (non-hydrogen) atoms. The van der Waals surface area contributed by atoms with Crippen molar-refractivity contribution in [2.45, 2.75) is 37.1 Å². The molecule has 1 rings (SSSR count). The zero-order chi connectivity index (χ0) is 23.4. The van der Waals surface area contributed by atoms with Crippen LogP contribution in [0.5, 0.6) is 0 Å². The van der Waals surface area contributed by atoms with E-state index in [0.29, 0.717) is 6.61 Å². The summed E-state index contributed by atoms with van der Waals surface area (Å²) in [5.41, 5.74) is 0. The number of hydrogen-bond acceptors (Lipinski definition) is 8. The second-order valence-corrected chi connectivity index (χ2v) is 7.96. The lowest BCUT2D eigenvalue weighted by Gasteiger charge is -2.28. The Hall–Kier alpha value is -2.08. The molecule has 0 spiro atoms. The van der Waals surface area contributed by atoms with Crippen LogP contribution in [0.4, 0.5) is 39.5 Å². The van der Waals surface area contributed by atoms with Gasteiger partial charge in [0.05, 0.1) is 19.3 Å². The number of carbonyl (C=O) groups is 3. The zero-order valence-corrected chi connectivity index (χ0v) is 15.3. The lowest BCUT2D eigenvalue weighted by Crippen LogP contribution is -2.55. The van der Waals surface area contributed by atoms with Gasteiger partial charge in [-0.15, -0.1) is 0 Å². The van der Waals surface area contributed by atoms with E-state index in [-0.39, 0.29) is 12.7 Å². The van der Waals surface area contributed by atoms with Gasteiger partial charge in [-0.25, -0.2) is 14.4 Å². The molecule has 0 saturated carbocycles. The van der Waals surface area contributed by atoms with E-state index in [4.69, 9.17) is 9.47 Å². The Morgan fingerprint density at radius 1 is 0.800 bits per heavy atom. The number of alkyl halides is 9. The molecule has 1 aliphatic heterocycles. The molecule has 0 radical (unpaired) electrons. The standard InChI is InChI=1S/C12H11F9O8Si/c13-10(14,15)7(22)27-30(28-8(23)11(16,17)18,29-9(24)12(19,20)21)3-1-2-25-4-6-5-26-6/h6H,1-5H2. The highest BCUT2D eigenvalue weighted by Crippen LogP contribution is 2.30. The quantitative estimate of drug-likeness (QED) is 0.213. The number of halogens is 9. The van der Waals surface area contributed by atoms with Crippen molar-refractivity contribution >= 4 is 26.7 Å². The molecule has 0 aromatic rings. The van der Waals surface area contributed by atoms with Gasteiger partial charge in [0.15, 0.2) is 0 Å². The van der Waals surface area contributed by atoms with Crippen molar-refractivity contribution in [3.63, 3.8) is 0 Å². The van der Waals surface area contributed by atoms with Crippen LogP contribution in [0.15, 0.2) is 0 Å². The van der Waals surface area contributed by atoms with Gasteiger partial charge in [-0.05, 0) is 6.42 Å². The average Bonchev–Trinajstić information content (AvgIpc) is 3.35. The molecule has 0 aromatic carbocycles. The highest BCUT2D eigenvalue weighted by atomic mass is 28.4. The topological polar surface area (TPSA) is 101 Å². The molecule has 0 bridgehead atoms. The van der Waals surface area contributed by atoms with E-state index in [0.717, 1.165) is 0 Å². The summed E-state index contributed by atoms with van der Waals surface area (Å²) in [4.78, 5) is 33.1. The van der Waals surface area contributed by atoms with Crippen LogP contribution in [0.2, 0.25) is 6.04 Å². The first-order valence-corrected chi connectivity index (χ1v) is 9.49. The normalized spacial score (nSPS) is 17.3. The van der Waals surface area contributed by atoms with E-state index in [1.807, 2.05) is 0 Å². The molecule has 1 fully saturated rings. The third kappa shape index (κ3) is 8.74. The minimum atomic E-state index is -6.20. The predicted octanol–water partition coefficient (Wildman–Crippen LogP) is 2.05. The van der Waals surface area contributed by atoms with Crippen LogP contribution >= 0.6 is 0 Å². The van der Waals surface area contributed by atoms with Crippen molar-refractivity contribution < 1.29 is 76.6 Å². The summed E-state index contributed by atoms with van der Waals surface area (Å²) in [5, 5.41) is 0. The van der Waals surface area contributed by atoms with Gasteiger partial charge in [-0.2, -0.15) is 39.5 Å². The molecule has 1 unspecified atom stereocenters. The van der Waals surface area contributed by atoms with E-state index in [2.05, 4.69) is 13.3 Å². The maximum Gasteiger partial charge on any atom is 0.705 e. The Bertz CT molecular complexity index is 572. The SMILES string of the molecule is O=C(O[Si](CCCOCC1CO1)(OC(=O)C(F)(F)F)OC(=O)C(F)(F)F)C(F)(F)F. The number of epoxide rings is 1. The number of ether oxygens (including phenoxy) is 2. The average molecular weight is 482 g/mol. The number of carbonyl (C=O) groups excluding carboxylic acids is 3. The predicted molar refractivity (Wildman–Crippen MR) is 72.2 cm³/mol. The summed E-state index contributed by atoms with van der Waals surface area (Å²) in [7, 11) is -6.20. The van der Waals surface area contributed by atoms with E-state index >= 15 is 0 Å². The molecule has 0 N–H and O–H groups in total. The van der Waals surface area contributed by atoms with Gasteiger partial charge in [-0.3, -0.25) is 0 Å². The monoisotopic (exact) mass is 482 g/mol. The lowest BCUT2D eigenvalue weighted by molar-refractivity contribution is -0.209. The molecule has 8 nitrogen and oxygen atoms in total. The smallest absolute Gasteiger partial charge is 0.448 e. The highest BCUT2D eigenvalue weighted by molar-refractivity contribution is 6.65. The Balaban J connectivity index is 3.10. The largest absolute Gasteiger partial charge is 0.705 e. The van der Waals surface area contributed by atoms with Crippen molar-refractivity contribution in [3.8, 4) is 0 Å². The van der Waals surface area contributed by atoms with E-state index < -0.39 is 64.3 Å². The van der Waals surface area contributed by atoms with Crippen molar-refractivity contribution in [1.29, 1.82) is 0 Å². The van der Waals surface area contributed by atoms with Crippen LogP contribution in [0, 0.1) is 0 Å². The first kappa shape index (κ1) is 26.0. The summed E-state index contributed by atoms with van der Waals surface area (Å²) in [6.45, 7) is -0.263. The fourth-order valence-electron chi connectivity index (χ4n) is 1.58. The first-order valence-electron chi connectivity index (χ1n) is 7.56. The molecule has 1 aliphatic rings. The summed E-state index contributed by atoms with van der Waals surface area (Å²) < 4.78 is 132. The van der Waals surface area contributed by atoms with Gasteiger partial charge in [0.1, 0.15) is 6.10 Å². The summed E-state index contributed by atoms with van der Waals surface area (Å²) >= 11 is 0. The number of hydrogen-bond donors (Lipinski definition) is 0. The van der Waals surface area contributed by atoms with E-state index in [1.54, 1.807) is 0 Å². The third-order valence-corrected chi connectivity index (χ3v) is 5.37. The maximum atomic E-state index is 12.4. The van der Waals surface area contributed by atoms with Crippen molar-refractivity contribution in [1.82, 2.24) is 0 Å². The molecule has 1 heterocycles. The molecule has 0 aliphatic carbocycles. The fourth-order valence-corrected chi connectivity index (χ4v) is 3.79. The Kier molecular flexibility index (Phi) is 8.11. The van der Waals surface area contributed by atoms with Gasteiger partial charge >= 0.3 is 45.2 Å². The summed E-state index contributed by atoms with van der Waals surface area (Å²) in [6.07, 6.45) is -18.8. The van der Waals surface area contributed by atoms with Gasteiger partial charge in [0.2, 0.25) is 0 Å². The van der Waals surface area contributed by atoms with Crippen molar-refractivity contribution in [3.05, 3.63) is 0 Å². The zero-order valence-electron chi connectivity index (χ0n) is 14.3. The van der Waals surface area contributed by atoms with Gasteiger partial charge < -0.3 is 22.8 Å². The summed E-state index contributed by atoms with van der Waals surface area (Å²) in [5.74, 6) is -9.98. The second kappa shape index (κ2) is 9.37. The molecule has 0 amide bonds. The Labute approximate surface area is 161 Å².